The average Bonchev–Trinajstić information content (AvgIpc) is 2.04. The van der Waals surface area contributed by atoms with Crippen LogP contribution in [0, 0.1) is 0 Å². The molecule has 0 aliphatic carbocycles. The molecule has 72 valence electrons. The lowest BCUT2D eigenvalue weighted by molar-refractivity contribution is 0.372. The molecule has 0 amide bonds. The second kappa shape index (κ2) is 4.58. The minimum absolute atomic E-state index is 0.487. The maximum Gasteiger partial charge on any atom is 0.124 e. The molecule has 1 unspecified atom stereocenters. The quantitative estimate of drug-likeness (QED) is 0.800. The van der Waals surface area contributed by atoms with Gasteiger partial charge >= 0.3 is 0 Å². The van der Waals surface area contributed by atoms with Gasteiger partial charge in [0.05, 0.1) is 0 Å². The molecule has 1 atom stereocenters. The first-order valence-electron chi connectivity index (χ1n) is 4.28. The van der Waals surface area contributed by atoms with Crippen molar-refractivity contribution in [1.82, 2.24) is 0 Å². The van der Waals surface area contributed by atoms with Crippen molar-refractivity contribution in [1.29, 1.82) is 0 Å². The summed E-state index contributed by atoms with van der Waals surface area (Å²) in [4.78, 5) is 0. The molecule has 1 aromatic carbocycles. The van der Waals surface area contributed by atoms with Crippen LogP contribution in [0.25, 0.3) is 0 Å². The van der Waals surface area contributed by atoms with Gasteiger partial charge in [0.2, 0.25) is 0 Å². The summed E-state index contributed by atoms with van der Waals surface area (Å²) in [5.41, 5.74) is 6.90. The average molecular weight is 202 g/mol. The van der Waals surface area contributed by atoms with Crippen LogP contribution in [-0.2, 0) is 6.42 Å². The highest BCUT2D eigenvalue weighted by molar-refractivity contribution is 6.31. The summed E-state index contributed by atoms with van der Waals surface area (Å²) in [5, 5.41) is 0.487. The number of benzene rings is 1. The number of halogens is 2. The van der Waals surface area contributed by atoms with Crippen molar-refractivity contribution < 1.29 is 4.39 Å². The van der Waals surface area contributed by atoms with Crippen LogP contribution in [0.15, 0.2) is 18.2 Å². The zero-order chi connectivity index (χ0) is 9.84. The molecule has 0 saturated carbocycles. The fraction of sp³-hybridized carbons (Fsp3) is 0.400. The van der Waals surface area contributed by atoms with Gasteiger partial charge in [-0.05, 0) is 31.5 Å². The Balaban J connectivity index is 3.10. The van der Waals surface area contributed by atoms with Gasteiger partial charge in [0, 0.05) is 10.6 Å². The summed E-state index contributed by atoms with van der Waals surface area (Å²) in [6, 6.07) is 5.39. The Morgan fingerprint density at radius 1 is 1.54 bits per heavy atom. The van der Waals surface area contributed by atoms with Crippen molar-refractivity contribution in [2.24, 2.45) is 5.73 Å². The van der Waals surface area contributed by atoms with E-state index in [1.807, 2.05) is 12.1 Å². The number of alkyl halides is 1. The highest BCUT2D eigenvalue weighted by Gasteiger charge is 2.12. The molecule has 0 heterocycles. The molecule has 0 saturated heterocycles. The molecule has 0 spiro atoms. The predicted octanol–water partition coefficient (Wildman–Crippen LogP) is 2.87. The van der Waals surface area contributed by atoms with E-state index in [0.717, 1.165) is 5.56 Å². The maximum absolute atomic E-state index is 13.2. The normalized spacial score (nSPS) is 12.9. The zero-order valence-electron chi connectivity index (χ0n) is 7.56. The molecule has 2 N–H and O–H groups in total. The predicted molar refractivity (Wildman–Crippen MR) is 53.7 cm³/mol. The minimum atomic E-state index is -1.03. The molecule has 3 heteroatoms. The lowest BCUT2D eigenvalue weighted by Crippen LogP contribution is -2.06. The summed E-state index contributed by atoms with van der Waals surface area (Å²) < 4.78 is 13.2. The highest BCUT2D eigenvalue weighted by atomic mass is 35.5. The van der Waals surface area contributed by atoms with Crippen LogP contribution in [0.2, 0.25) is 5.02 Å². The lowest BCUT2D eigenvalue weighted by atomic mass is 10.0. The molecule has 0 radical (unpaired) electrons. The maximum atomic E-state index is 13.2. The molecule has 1 aromatic rings. The fourth-order valence-corrected chi connectivity index (χ4v) is 1.75. The van der Waals surface area contributed by atoms with Crippen molar-refractivity contribution in [3.05, 3.63) is 34.3 Å². The number of hydrogen-bond acceptors (Lipinski definition) is 1. The van der Waals surface area contributed by atoms with Gasteiger partial charge in [-0.1, -0.05) is 23.7 Å². The first-order chi connectivity index (χ1) is 6.16. The Hall–Kier alpha value is -0.600. The van der Waals surface area contributed by atoms with E-state index in [0.29, 0.717) is 23.6 Å². The first kappa shape index (κ1) is 10.5. The van der Waals surface area contributed by atoms with Gasteiger partial charge in [-0.2, -0.15) is 0 Å². The lowest BCUT2D eigenvalue weighted by Gasteiger charge is -2.11. The van der Waals surface area contributed by atoms with Gasteiger partial charge in [0.15, 0.2) is 0 Å². The van der Waals surface area contributed by atoms with Gasteiger partial charge in [-0.15, -0.1) is 0 Å². The Bertz CT molecular complexity index is 286. The minimum Gasteiger partial charge on any atom is -0.330 e. The van der Waals surface area contributed by atoms with E-state index in [9.17, 15) is 4.39 Å². The molecule has 13 heavy (non-hydrogen) atoms. The van der Waals surface area contributed by atoms with Crippen molar-refractivity contribution in [3.63, 3.8) is 0 Å². The van der Waals surface area contributed by atoms with Crippen LogP contribution in [0.3, 0.4) is 0 Å². The van der Waals surface area contributed by atoms with Gasteiger partial charge in [0.25, 0.3) is 0 Å². The number of nitrogens with two attached hydrogens (primary N) is 1. The smallest absolute Gasteiger partial charge is 0.124 e. The van der Waals surface area contributed by atoms with E-state index in [1.54, 1.807) is 6.07 Å². The summed E-state index contributed by atoms with van der Waals surface area (Å²) in [7, 11) is 0. The standard InChI is InChI=1S/C10H13ClFN/c1-7(12)10-8(5-6-13)3-2-4-9(10)11/h2-4,7H,5-6,13H2,1H3. The molecular formula is C10H13ClFN. The van der Waals surface area contributed by atoms with E-state index in [2.05, 4.69) is 0 Å². The van der Waals surface area contributed by atoms with Gasteiger partial charge < -0.3 is 5.73 Å². The molecule has 0 aliphatic rings. The first-order valence-corrected chi connectivity index (χ1v) is 4.66. The van der Waals surface area contributed by atoms with E-state index < -0.39 is 6.17 Å². The van der Waals surface area contributed by atoms with E-state index in [1.165, 1.54) is 6.92 Å². The third-order valence-electron chi connectivity index (χ3n) is 1.95. The molecule has 1 nitrogen and oxygen atoms in total. The molecule has 0 bridgehead atoms. The van der Waals surface area contributed by atoms with Gasteiger partial charge in [-0.3, -0.25) is 0 Å². The van der Waals surface area contributed by atoms with Crippen LogP contribution in [0.1, 0.15) is 24.2 Å². The number of rotatable bonds is 3. The van der Waals surface area contributed by atoms with Crippen LogP contribution >= 0.6 is 11.6 Å². The highest BCUT2D eigenvalue weighted by Crippen LogP contribution is 2.28. The third-order valence-corrected chi connectivity index (χ3v) is 2.28. The Morgan fingerprint density at radius 2 is 2.23 bits per heavy atom. The van der Waals surface area contributed by atoms with Crippen LogP contribution < -0.4 is 5.73 Å². The Morgan fingerprint density at radius 3 is 2.77 bits per heavy atom. The molecular weight excluding hydrogens is 189 g/mol. The van der Waals surface area contributed by atoms with Crippen LogP contribution in [0.4, 0.5) is 4.39 Å². The topological polar surface area (TPSA) is 26.0 Å². The van der Waals surface area contributed by atoms with Crippen molar-refractivity contribution >= 4 is 11.6 Å². The summed E-state index contributed by atoms with van der Waals surface area (Å²) in [5.74, 6) is 0. The van der Waals surface area contributed by atoms with E-state index in [-0.39, 0.29) is 0 Å². The zero-order valence-corrected chi connectivity index (χ0v) is 8.31. The van der Waals surface area contributed by atoms with E-state index in [4.69, 9.17) is 17.3 Å². The fourth-order valence-electron chi connectivity index (χ4n) is 1.40. The molecule has 1 rings (SSSR count). The Labute approximate surface area is 82.7 Å². The van der Waals surface area contributed by atoms with E-state index >= 15 is 0 Å². The summed E-state index contributed by atoms with van der Waals surface area (Å²) in [6.07, 6.45) is -0.361. The summed E-state index contributed by atoms with van der Waals surface area (Å²) >= 11 is 5.88. The van der Waals surface area contributed by atoms with Crippen LogP contribution in [0.5, 0.6) is 0 Å². The van der Waals surface area contributed by atoms with Crippen molar-refractivity contribution in [3.8, 4) is 0 Å². The Kier molecular flexibility index (Phi) is 3.70. The SMILES string of the molecule is CC(F)c1c(Cl)cccc1CCN. The molecule has 0 aromatic heterocycles. The van der Waals surface area contributed by atoms with Crippen molar-refractivity contribution in [2.45, 2.75) is 19.5 Å². The second-order valence-corrected chi connectivity index (χ2v) is 3.37. The third kappa shape index (κ3) is 2.42. The molecule has 0 aliphatic heterocycles. The summed E-state index contributed by atoms with van der Waals surface area (Å²) in [6.45, 7) is 2.00. The monoisotopic (exact) mass is 201 g/mol. The van der Waals surface area contributed by atoms with Gasteiger partial charge in [-0.25, -0.2) is 4.39 Å². The molecule has 0 fully saturated rings. The largest absolute Gasteiger partial charge is 0.330 e. The van der Waals surface area contributed by atoms with Gasteiger partial charge in [0.1, 0.15) is 6.17 Å². The second-order valence-electron chi connectivity index (χ2n) is 2.97. The van der Waals surface area contributed by atoms with Crippen molar-refractivity contribution in [2.75, 3.05) is 6.54 Å². The number of hydrogen-bond donors (Lipinski definition) is 1. The van der Waals surface area contributed by atoms with Crippen LogP contribution in [-0.4, -0.2) is 6.54 Å².